The summed E-state index contributed by atoms with van der Waals surface area (Å²) in [4.78, 5) is 4.46. The van der Waals surface area contributed by atoms with Gasteiger partial charge >= 0.3 is 0 Å². The standard InChI is InChI=1S/C16H22N2O/c1-11-5-6-12-9-13(7-8-14(12)18-11)15(19)10-17-16(2,3)4/h5-9,15,17,19H,10H2,1-4H3. The Hall–Kier alpha value is -1.45. The molecule has 0 bridgehead atoms. The Balaban J connectivity index is 2.18. The highest BCUT2D eigenvalue weighted by molar-refractivity contribution is 5.79. The number of hydrogen-bond donors (Lipinski definition) is 2. The molecular weight excluding hydrogens is 236 g/mol. The lowest BCUT2D eigenvalue weighted by atomic mass is 10.0. The molecule has 0 radical (unpaired) electrons. The molecule has 19 heavy (non-hydrogen) atoms. The summed E-state index contributed by atoms with van der Waals surface area (Å²) in [7, 11) is 0. The average molecular weight is 258 g/mol. The number of aliphatic hydroxyl groups excluding tert-OH is 1. The molecule has 0 saturated carbocycles. The summed E-state index contributed by atoms with van der Waals surface area (Å²) in [6, 6.07) is 9.97. The fourth-order valence-corrected chi connectivity index (χ4v) is 1.97. The van der Waals surface area contributed by atoms with E-state index in [0.717, 1.165) is 22.2 Å². The van der Waals surface area contributed by atoms with Crippen molar-refractivity contribution in [3.63, 3.8) is 0 Å². The van der Waals surface area contributed by atoms with Crippen molar-refractivity contribution in [3.05, 3.63) is 41.6 Å². The van der Waals surface area contributed by atoms with E-state index in [-0.39, 0.29) is 5.54 Å². The van der Waals surface area contributed by atoms with Crippen molar-refractivity contribution in [2.75, 3.05) is 6.54 Å². The molecule has 3 nitrogen and oxygen atoms in total. The number of β-amino-alcohol motifs (C(OH)–C–C–N with tert-alkyl or cyclic N) is 1. The lowest BCUT2D eigenvalue weighted by Crippen LogP contribution is -2.38. The van der Waals surface area contributed by atoms with Crippen molar-refractivity contribution in [2.24, 2.45) is 0 Å². The number of fused-ring (bicyclic) bond motifs is 1. The molecule has 2 rings (SSSR count). The van der Waals surface area contributed by atoms with Gasteiger partial charge in [0.05, 0.1) is 11.6 Å². The van der Waals surface area contributed by atoms with Crippen LogP contribution in [0.2, 0.25) is 0 Å². The van der Waals surface area contributed by atoms with Crippen LogP contribution >= 0.6 is 0 Å². The van der Waals surface area contributed by atoms with Gasteiger partial charge in [-0.2, -0.15) is 0 Å². The van der Waals surface area contributed by atoms with Gasteiger partial charge in [-0.3, -0.25) is 4.98 Å². The van der Waals surface area contributed by atoms with Crippen LogP contribution < -0.4 is 5.32 Å². The maximum atomic E-state index is 10.2. The summed E-state index contributed by atoms with van der Waals surface area (Å²) in [5, 5.41) is 14.6. The van der Waals surface area contributed by atoms with Crippen LogP contribution in [-0.2, 0) is 0 Å². The summed E-state index contributed by atoms with van der Waals surface area (Å²) in [6.07, 6.45) is -0.495. The number of benzene rings is 1. The molecule has 2 aromatic rings. The van der Waals surface area contributed by atoms with Crippen molar-refractivity contribution < 1.29 is 5.11 Å². The van der Waals surface area contributed by atoms with Gasteiger partial charge in [0.15, 0.2) is 0 Å². The highest BCUT2D eigenvalue weighted by Crippen LogP contribution is 2.20. The van der Waals surface area contributed by atoms with Crippen molar-refractivity contribution in [1.29, 1.82) is 0 Å². The maximum absolute atomic E-state index is 10.2. The normalized spacial score (nSPS) is 13.7. The van der Waals surface area contributed by atoms with Gasteiger partial charge in [-0.1, -0.05) is 12.1 Å². The van der Waals surface area contributed by atoms with E-state index in [0.29, 0.717) is 6.54 Å². The number of nitrogens with zero attached hydrogens (tertiary/aromatic N) is 1. The fourth-order valence-electron chi connectivity index (χ4n) is 1.97. The summed E-state index contributed by atoms with van der Waals surface area (Å²) in [5.74, 6) is 0. The van der Waals surface area contributed by atoms with Crippen LogP contribution in [0.3, 0.4) is 0 Å². The highest BCUT2D eigenvalue weighted by Gasteiger charge is 2.13. The highest BCUT2D eigenvalue weighted by atomic mass is 16.3. The Labute approximate surface area is 114 Å². The molecule has 2 N–H and O–H groups in total. The van der Waals surface area contributed by atoms with Crippen LogP contribution in [0.4, 0.5) is 0 Å². The first kappa shape index (κ1) is 14.0. The van der Waals surface area contributed by atoms with Crippen LogP contribution in [0.25, 0.3) is 10.9 Å². The molecule has 0 amide bonds. The maximum Gasteiger partial charge on any atom is 0.0914 e. The van der Waals surface area contributed by atoms with Gasteiger partial charge in [-0.15, -0.1) is 0 Å². The van der Waals surface area contributed by atoms with Gasteiger partial charge in [0, 0.05) is 23.2 Å². The second-order valence-corrected chi connectivity index (χ2v) is 6.05. The van der Waals surface area contributed by atoms with E-state index < -0.39 is 6.10 Å². The zero-order chi connectivity index (χ0) is 14.0. The number of pyridine rings is 1. The Bertz CT molecular complexity index is 572. The molecule has 1 aromatic carbocycles. The minimum absolute atomic E-state index is 0.0104. The SMILES string of the molecule is Cc1ccc2cc(C(O)CNC(C)(C)C)ccc2n1. The molecule has 0 saturated heterocycles. The molecule has 1 heterocycles. The third-order valence-corrected chi connectivity index (χ3v) is 3.06. The van der Waals surface area contributed by atoms with Gasteiger partial charge in [0.1, 0.15) is 0 Å². The topological polar surface area (TPSA) is 45.1 Å². The summed E-state index contributed by atoms with van der Waals surface area (Å²) < 4.78 is 0. The van der Waals surface area contributed by atoms with Crippen molar-refractivity contribution >= 4 is 10.9 Å². The number of nitrogens with one attached hydrogen (secondary N) is 1. The largest absolute Gasteiger partial charge is 0.387 e. The monoisotopic (exact) mass is 258 g/mol. The summed E-state index contributed by atoms with van der Waals surface area (Å²) in [6.45, 7) is 8.80. The second kappa shape index (κ2) is 5.27. The fraction of sp³-hybridized carbons (Fsp3) is 0.438. The van der Waals surface area contributed by atoms with Crippen molar-refractivity contribution in [2.45, 2.75) is 39.3 Å². The predicted molar refractivity (Wildman–Crippen MR) is 79.2 cm³/mol. The van der Waals surface area contributed by atoms with E-state index in [4.69, 9.17) is 0 Å². The molecule has 102 valence electrons. The third kappa shape index (κ3) is 3.75. The Morgan fingerprint density at radius 2 is 1.95 bits per heavy atom. The van der Waals surface area contributed by atoms with E-state index in [9.17, 15) is 5.11 Å². The minimum Gasteiger partial charge on any atom is -0.387 e. The Morgan fingerprint density at radius 1 is 1.21 bits per heavy atom. The van der Waals surface area contributed by atoms with E-state index in [1.807, 2.05) is 37.3 Å². The minimum atomic E-state index is -0.495. The second-order valence-electron chi connectivity index (χ2n) is 6.05. The van der Waals surface area contributed by atoms with E-state index >= 15 is 0 Å². The predicted octanol–water partition coefficient (Wildman–Crippen LogP) is 2.96. The average Bonchev–Trinajstić information content (AvgIpc) is 2.34. The van der Waals surface area contributed by atoms with Crippen molar-refractivity contribution in [3.8, 4) is 0 Å². The van der Waals surface area contributed by atoms with Gasteiger partial charge < -0.3 is 10.4 Å². The molecule has 1 unspecified atom stereocenters. The van der Waals surface area contributed by atoms with E-state index in [2.05, 4.69) is 31.1 Å². The number of aryl methyl sites for hydroxylation is 1. The first-order chi connectivity index (χ1) is 8.85. The van der Waals surface area contributed by atoms with Crippen molar-refractivity contribution in [1.82, 2.24) is 10.3 Å². The molecule has 1 atom stereocenters. The number of aliphatic hydroxyl groups is 1. The molecule has 0 fully saturated rings. The molecule has 0 aliphatic carbocycles. The van der Waals surface area contributed by atoms with Crippen LogP contribution in [0, 0.1) is 6.92 Å². The summed E-state index contributed by atoms with van der Waals surface area (Å²) >= 11 is 0. The Morgan fingerprint density at radius 3 is 2.63 bits per heavy atom. The van der Waals surface area contributed by atoms with Crippen LogP contribution in [-0.4, -0.2) is 22.2 Å². The van der Waals surface area contributed by atoms with Gasteiger partial charge in [0.2, 0.25) is 0 Å². The molecule has 3 heteroatoms. The molecule has 0 aliphatic heterocycles. The van der Waals surface area contributed by atoms with Gasteiger partial charge in [0.25, 0.3) is 0 Å². The molecule has 0 aliphatic rings. The third-order valence-electron chi connectivity index (χ3n) is 3.06. The molecular formula is C16H22N2O. The lowest BCUT2D eigenvalue weighted by Gasteiger charge is -2.23. The van der Waals surface area contributed by atoms with Crippen LogP contribution in [0.15, 0.2) is 30.3 Å². The molecule has 1 aromatic heterocycles. The van der Waals surface area contributed by atoms with Crippen LogP contribution in [0.1, 0.15) is 38.1 Å². The quantitative estimate of drug-likeness (QED) is 0.889. The van der Waals surface area contributed by atoms with E-state index in [1.165, 1.54) is 0 Å². The number of hydrogen-bond acceptors (Lipinski definition) is 3. The summed E-state index contributed by atoms with van der Waals surface area (Å²) in [5.41, 5.74) is 2.92. The van der Waals surface area contributed by atoms with Gasteiger partial charge in [-0.05, 0) is 51.5 Å². The van der Waals surface area contributed by atoms with E-state index in [1.54, 1.807) is 0 Å². The zero-order valence-electron chi connectivity index (χ0n) is 12.1. The van der Waals surface area contributed by atoms with Gasteiger partial charge in [-0.25, -0.2) is 0 Å². The first-order valence-electron chi connectivity index (χ1n) is 6.65. The smallest absolute Gasteiger partial charge is 0.0914 e. The Kier molecular flexibility index (Phi) is 3.88. The van der Waals surface area contributed by atoms with Crippen LogP contribution in [0.5, 0.6) is 0 Å². The lowest BCUT2D eigenvalue weighted by molar-refractivity contribution is 0.163. The number of aromatic nitrogens is 1. The number of rotatable bonds is 3. The first-order valence-corrected chi connectivity index (χ1v) is 6.65. The zero-order valence-corrected chi connectivity index (χ0v) is 12.1. The molecule has 0 spiro atoms.